The second-order valence-corrected chi connectivity index (χ2v) is 4.76. The van der Waals surface area contributed by atoms with Crippen molar-refractivity contribution in [3.05, 3.63) is 69.4 Å². The molecule has 1 aromatic heterocycles. The Kier molecular flexibility index (Phi) is 2.91. The minimum atomic E-state index is -1.07. The van der Waals surface area contributed by atoms with Gasteiger partial charge in [0.05, 0.1) is 11.0 Å². The molecule has 0 amide bonds. The standard InChI is InChI=1S/C15H13FN2O2/c1-8-3-2-4-10(13(8)16)14(19)9-5-6-11-12(7-9)18-15(20)17-11/h2-7,14,19H,1H3,(H2,17,18,20). The number of benzene rings is 2. The number of H-pyrrole nitrogens is 2. The number of hydrogen-bond donors (Lipinski definition) is 3. The lowest BCUT2D eigenvalue weighted by atomic mass is 9.99. The van der Waals surface area contributed by atoms with Gasteiger partial charge in [0.1, 0.15) is 11.9 Å². The molecule has 0 saturated carbocycles. The molecule has 3 rings (SSSR count). The summed E-state index contributed by atoms with van der Waals surface area (Å²) in [5, 5.41) is 10.3. The summed E-state index contributed by atoms with van der Waals surface area (Å²) < 4.78 is 14.0. The largest absolute Gasteiger partial charge is 0.384 e. The Balaban J connectivity index is 2.09. The molecule has 0 aliphatic rings. The highest BCUT2D eigenvalue weighted by Crippen LogP contribution is 2.27. The first-order chi connectivity index (χ1) is 9.56. The Bertz CT molecular complexity index is 835. The van der Waals surface area contributed by atoms with E-state index in [1.807, 2.05) is 0 Å². The fourth-order valence-corrected chi connectivity index (χ4v) is 2.28. The van der Waals surface area contributed by atoms with Gasteiger partial charge in [-0.1, -0.05) is 24.3 Å². The van der Waals surface area contributed by atoms with Gasteiger partial charge >= 0.3 is 5.69 Å². The van der Waals surface area contributed by atoms with E-state index in [9.17, 15) is 14.3 Å². The summed E-state index contributed by atoms with van der Waals surface area (Å²) in [6.07, 6.45) is -1.07. The van der Waals surface area contributed by atoms with Crippen LogP contribution in [0.1, 0.15) is 22.8 Å². The number of aryl methyl sites for hydroxylation is 1. The highest BCUT2D eigenvalue weighted by Gasteiger charge is 2.16. The number of fused-ring (bicyclic) bond motifs is 1. The van der Waals surface area contributed by atoms with Crippen molar-refractivity contribution in [1.29, 1.82) is 0 Å². The van der Waals surface area contributed by atoms with Gasteiger partial charge in [-0.15, -0.1) is 0 Å². The predicted molar refractivity (Wildman–Crippen MR) is 74.1 cm³/mol. The summed E-state index contributed by atoms with van der Waals surface area (Å²) in [5.74, 6) is -0.414. The van der Waals surface area contributed by atoms with E-state index in [-0.39, 0.29) is 11.3 Å². The second-order valence-electron chi connectivity index (χ2n) is 4.76. The van der Waals surface area contributed by atoms with Crippen molar-refractivity contribution >= 4 is 11.0 Å². The second kappa shape index (κ2) is 4.61. The van der Waals surface area contributed by atoms with Gasteiger partial charge in [-0.2, -0.15) is 0 Å². The van der Waals surface area contributed by atoms with Crippen LogP contribution in [0.4, 0.5) is 4.39 Å². The predicted octanol–water partition coefficient (Wildman–Crippen LogP) is 2.39. The quantitative estimate of drug-likeness (QED) is 0.670. The third kappa shape index (κ3) is 2.02. The van der Waals surface area contributed by atoms with Crippen molar-refractivity contribution in [2.45, 2.75) is 13.0 Å². The lowest BCUT2D eigenvalue weighted by Gasteiger charge is -2.13. The molecule has 102 valence electrons. The van der Waals surface area contributed by atoms with Crippen LogP contribution in [0, 0.1) is 12.7 Å². The molecular formula is C15H13FN2O2. The number of rotatable bonds is 2. The molecule has 0 fully saturated rings. The fourth-order valence-electron chi connectivity index (χ4n) is 2.28. The summed E-state index contributed by atoms with van der Waals surface area (Å²) in [5.41, 5.74) is 2.15. The summed E-state index contributed by atoms with van der Waals surface area (Å²) in [7, 11) is 0. The van der Waals surface area contributed by atoms with Crippen molar-refractivity contribution in [3.8, 4) is 0 Å². The van der Waals surface area contributed by atoms with Crippen molar-refractivity contribution < 1.29 is 9.50 Å². The van der Waals surface area contributed by atoms with Crippen LogP contribution in [-0.4, -0.2) is 15.1 Å². The molecule has 0 aliphatic carbocycles. The van der Waals surface area contributed by atoms with E-state index >= 15 is 0 Å². The molecule has 20 heavy (non-hydrogen) atoms. The molecule has 2 aromatic carbocycles. The maximum atomic E-state index is 14.0. The van der Waals surface area contributed by atoms with Crippen LogP contribution in [0.5, 0.6) is 0 Å². The summed E-state index contributed by atoms with van der Waals surface area (Å²) >= 11 is 0. The fraction of sp³-hybridized carbons (Fsp3) is 0.133. The van der Waals surface area contributed by atoms with Gasteiger partial charge < -0.3 is 15.1 Å². The number of nitrogens with one attached hydrogen (secondary N) is 2. The zero-order chi connectivity index (χ0) is 14.3. The minimum Gasteiger partial charge on any atom is -0.384 e. The highest BCUT2D eigenvalue weighted by atomic mass is 19.1. The van der Waals surface area contributed by atoms with Gasteiger partial charge in [0.25, 0.3) is 0 Å². The first kappa shape index (κ1) is 12.6. The number of hydrogen-bond acceptors (Lipinski definition) is 2. The lowest BCUT2D eigenvalue weighted by Crippen LogP contribution is -2.03. The molecule has 4 nitrogen and oxygen atoms in total. The summed E-state index contributed by atoms with van der Waals surface area (Å²) in [6, 6.07) is 9.89. The van der Waals surface area contributed by atoms with Gasteiger partial charge in [-0.3, -0.25) is 0 Å². The molecule has 0 spiro atoms. The molecule has 3 aromatic rings. The third-order valence-corrected chi connectivity index (χ3v) is 3.37. The Morgan fingerprint density at radius 2 is 1.90 bits per heavy atom. The van der Waals surface area contributed by atoms with Gasteiger partial charge in [0.2, 0.25) is 0 Å². The summed E-state index contributed by atoms with van der Waals surface area (Å²) in [6.45, 7) is 1.65. The maximum absolute atomic E-state index is 14.0. The Hall–Kier alpha value is -2.40. The van der Waals surface area contributed by atoms with E-state index in [4.69, 9.17) is 0 Å². The Morgan fingerprint density at radius 1 is 1.15 bits per heavy atom. The zero-order valence-corrected chi connectivity index (χ0v) is 10.8. The SMILES string of the molecule is Cc1cccc(C(O)c2ccc3[nH]c(=O)[nH]c3c2)c1F. The number of aliphatic hydroxyl groups excluding tert-OH is 1. The van der Waals surface area contributed by atoms with Crippen LogP contribution in [0.2, 0.25) is 0 Å². The monoisotopic (exact) mass is 272 g/mol. The van der Waals surface area contributed by atoms with Crippen LogP contribution >= 0.6 is 0 Å². The highest BCUT2D eigenvalue weighted by molar-refractivity contribution is 5.75. The lowest BCUT2D eigenvalue weighted by molar-refractivity contribution is 0.215. The molecule has 0 aliphatic heterocycles. The van der Waals surface area contributed by atoms with Crippen LogP contribution in [0.3, 0.4) is 0 Å². The van der Waals surface area contributed by atoms with Crippen LogP contribution in [-0.2, 0) is 0 Å². The average Bonchev–Trinajstić information content (AvgIpc) is 2.80. The molecule has 3 N–H and O–H groups in total. The van der Waals surface area contributed by atoms with E-state index in [0.29, 0.717) is 22.2 Å². The Labute approximate surface area is 113 Å². The molecular weight excluding hydrogens is 259 g/mol. The van der Waals surface area contributed by atoms with E-state index in [0.717, 1.165) is 0 Å². The van der Waals surface area contributed by atoms with E-state index in [2.05, 4.69) is 9.97 Å². The molecule has 0 bridgehead atoms. The minimum absolute atomic E-state index is 0.224. The molecule has 1 unspecified atom stereocenters. The third-order valence-electron chi connectivity index (χ3n) is 3.37. The van der Waals surface area contributed by atoms with Crippen molar-refractivity contribution in [3.63, 3.8) is 0 Å². The maximum Gasteiger partial charge on any atom is 0.323 e. The van der Waals surface area contributed by atoms with Gasteiger partial charge in [-0.25, -0.2) is 9.18 Å². The number of aliphatic hydroxyl groups is 1. The molecule has 0 saturated heterocycles. The van der Waals surface area contributed by atoms with Crippen molar-refractivity contribution in [2.24, 2.45) is 0 Å². The van der Waals surface area contributed by atoms with Crippen LogP contribution < -0.4 is 5.69 Å². The molecule has 0 radical (unpaired) electrons. The molecule has 5 heteroatoms. The number of imidazole rings is 1. The number of halogens is 1. The van der Waals surface area contributed by atoms with E-state index in [1.54, 1.807) is 43.3 Å². The van der Waals surface area contributed by atoms with Crippen molar-refractivity contribution in [1.82, 2.24) is 9.97 Å². The topological polar surface area (TPSA) is 68.9 Å². The van der Waals surface area contributed by atoms with E-state index < -0.39 is 11.9 Å². The molecule has 1 atom stereocenters. The number of aromatic amines is 2. The van der Waals surface area contributed by atoms with Crippen molar-refractivity contribution in [2.75, 3.05) is 0 Å². The zero-order valence-electron chi connectivity index (χ0n) is 10.8. The first-order valence-corrected chi connectivity index (χ1v) is 6.21. The average molecular weight is 272 g/mol. The van der Waals surface area contributed by atoms with Crippen LogP contribution in [0.15, 0.2) is 41.2 Å². The normalized spacial score (nSPS) is 12.8. The number of aromatic nitrogens is 2. The Morgan fingerprint density at radius 3 is 2.70 bits per heavy atom. The van der Waals surface area contributed by atoms with E-state index in [1.165, 1.54) is 0 Å². The summed E-state index contributed by atoms with van der Waals surface area (Å²) in [4.78, 5) is 16.4. The first-order valence-electron chi connectivity index (χ1n) is 6.21. The van der Waals surface area contributed by atoms with Gasteiger partial charge in [0.15, 0.2) is 0 Å². The van der Waals surface area contributed by atoms with Crippen LogP contribution in [0.25, 0.3) is 11.0 Å². The molecule has 1 heterocycles. The smallest absolute Gasteiger partial charge is 0.323 e. The van der Waals surface area contributed by atoms with Gasteiger partial charge in [0, 0.05) is 5.56 Å². The van der Waals surface area contributed by atoms with Gasteiger partial charge in [-0.05, 0) is 30.2 Å².